The van der Waals surface area contributed by atoms with Crippen molar-refractivity contribution in [2.24, 2.45) is 5.73 Å². The Bertz CT molecular complexity index is 707. The Morgan fingerprint density at radius 3 is 2.75 bits per heavy atom. The highest BCUT2D eigenvalue weighted by Gasteiger charge is 2.09. The van der Waals surface area contributed by atoms with E-state index in [0.717, 1.165) is 41.8 Å². The van der Waals surface area contributed by atoms with Crippen LogP contribution in [0.15, 0.2) is 30.6 Å². The number of tetrazole rings is 1. The first-order valence-corrected chi connectivity index (χ1v) is 6.56. The molecule has 20 heavy (non-hydrogen) atoms. The van der Waals surface area contributed by atoms with Gasteiger partial charge in [-0.3, -0.25) is 9.97 Å². The Hall–Kier alpha value is -2.41. The maximum Gasteiger partial charge on any atom is 0.182 e. The van der Waals surface area contributed by atoms with E-state index in [2.05, 4.69) is 25.5 Å². The summed E-state index contributed by atoms with van der Waals surface area (Å²) in [4.78, 5) is 8.55. The van der Waals surface area contributed by atoms with Crippen molar-refractivity contribution in [3.05, 3.63) is 30.6 Å². The number of nitrogens with two attached hydrogens (primary N) is 1. The molecule has 0 bridgehead atoms. The standard InChI is InChI=1S/C13H15N7/c14-5-1-2-8-20-13(17-18-19-20)10-3-4-11-12(9-10)16-7-6-15-11/h3-4,6-7,9H,1-2,5,8,14H2. The van der Waals surface area contributed by atoms with E-state index in [1.165, 1.54) is 0 Å². The number of fused-ring (bicyclic) bond motifs is 1. The van der Waals surface area contributed by atoms with E-state index in [4.69, 9.17) is 5.73 Å². The molecule has 0 radical (unpaired) electrons. The minimum absolute atomic E-state index is 0.684. The second kappa shape index (κ2) is 5.70. The van der Waals surface area contributed by atoms with Gasteiger partial charge in [0.25, 0.3) is 0 Å². The van der Waals surface area contributed by atoms with Crippen LogP contribution in [0.3, 0.4) is 0 Å². The highest BCUT2D eigenvalue weighted by Crippen LogP contribution is 2.20. The Labute approximate surface area is 115 Å². The summed E-state index contributed by atoms with van der Waals surface area (Å²) in [6, 6.07) is 5.84. The maximum absolute atomic E-state index is 5.50. The molecule has 0 aliphatic rings. The minimum atomic E-state index is 0.684. The molecule has 0 aliphatic heterocycles. The summed E-state index contributed by atoms with van der Waals surface area (Å²) in [5.41, 5.74) is 8.14. The second-order valence-corrected chi connectivity index (χ2v) is 4.48. The Kier molecular flexibility index (Phi) is 3.60. The van der Waals surface area contributed by atoms with Crippen molar-refractivity contribution in [1.82, 2.24) is 30.2 Å². The van der Waals surface area contributed by atoms with Gasteiger partial charge >= 0.3 is 0 Å². The number of aryl methyl sites for hydroxylation is 1. The van der Waals surface area contributed by atoms with Crippen LogP contribution < -0.4 is 5.73 Å². The van der Waals surface area contributed by atoms with Gasteiger partial charge in [0.05, 0.1) is 11.0 Å². The predicted octanol–water partition coefficient (Wildman–Crippen LogP) is 1.02. The number of unbranched alkanes of at least 4 members (excludes halogenated alkanes) is 1. The molecule has 3 aromatic rings. The smallest absolute Gasteiger partial charge is 0.182 e. The van der Waals surface area contributed by atoms with Crippen LogP contribution >= 0.6 is 0 Å². The van der Waals surface area contributed by atoms with Crippen LogP contribution in [0, 0.1) is 0 Å². The third kappa shape index (κ3) is 2.48. The summed E-state index contributed by atoms with van der Waals surface area (Å²) in [7, 11) is 0. The summed E-state index contributed by atoms with van der Waals surface area (Å²) in [6.45, 7) is 1.45. The van der Waals surface area contributed by atoms with Crippen molar-refractivity contribution in [3.63, 3.8) is 0 Å². The molecule has 0 aliphatic carbocycles. The van der Waals surface area contributed by atoms with Crippen molar-refractivity contribution in [2.75, 3.05) is 6.54 Å². The molecule has 3 rings (SSSR count). The fourth-order valence-corrected chi connectivity index (χ4v) is 2.07. The Balaban J connectivity index is 1.92. The molecular formula is C13H15N7. The van der Waals surface area contributed by atoms with Crippen LogP contribution in [0.5, 0.6) is 0 Å². The van der Waals surface area contributed by atoms with Crippen molar-refractivity contribution in [3.8, 4) is 11.4 Å². The van der Waals surface area contributed by atoms with Gasteiger partial charge in [0, 0.05) is 24.5 Å². The van der Waals surface area contributed by atoms with E-state index < -0.39 is 0 Å². The molecule has 7 nitrogen and oxygen atoms in total. The lowest BCUT2D eigenvalue weighted by atomic mass is 10.2. The molecule has 0 atom stereocenters. The molecule has 0 unspecified atom stereocenters. The Morgan fingerprint density at radius 2 is 1.90 bits per heavy atom. The molecule has 0 spiro atoms. The Morgan fingerprint density at radius 1 is 1.05 bits per heavy atom. The third-order valence-electron chi connectivity index (χ3n) is 3.08. The number of nitrogens with zero attached hydrogens (tertiary/aromatic N) is 6. The normalized spacial score (nSPS) is 11.1. The van der Waals surface area contributed by atoms with Gasteiger partial charge in [-0.25, -0.2) is 4.68 Å². The quantitative estimate of drug-likeness (QED) is 0.695. The number of benzene rings is 1. The first kappa shape index (κ1) is 12.6. The second-order valence-electron chi connectivity index (χ2n) is 4.48. The largest absolute Gasteiger partial charge is 0.330 e. The van der Waals surface area contributed by atoms with Crippen molar-refractivity contribution in [2.45, 2.75) is 19.4 Å². The SMILES string of the molecule is NCCCCn1nnnc1-c1ccc2nccnc2c1. The van der Waals surface area contributed by atoms with Gasteiger partial charge in [-0.15, -0.1) is 5.10 Å². The molecule has 2 aromatic heterocycles. The fourth-order valence-electron chi connectivity index (χ4n) is 2.07. The lowest BCUT2D eigenvalue weighted by Crippen LogP contribution is -2.06. The zero-order valence-corrected chi connectivity index (χ0v) is 11.0. The predicted molar refractivity (Wildman–Crippen MR) is 74.6 cm³/mol. The van der Waals surface area contributed by atoms with Gasteiger partial charge < -0.3 is 5.73 Å². The van der Waals surface area contributed by atoms with Crippen LogP contribution in [-0.4, -0.2) is 36.7 Å². The number of hydrogen-bond acceptors (Lipinski definition) is 6. The van der Waals surface area contributed by atoms with Gasteiger partial charge in [0.2, 0.25) is 0 Å². The fraction of sp³-hybridized carbons (Fsp3) is 0.308. The summed E-state index contributed by atoms with van der Waals surface area (Å²) < 4.78 is 1.80. The first-order valence-electron chi connectivity index (χ1n) is 6.56. The van der Waals surface area contributed by atoms with E-state index in [9.17, 15) is 0 Å². The molecule has 2 N–H and O–H groups in total. The molecule has 2 heterocycles. The van der Waals surface area contributed by atoms with Crippen LogP contribution in [0.4, 0.5) is 0 Å². The average Bonchev–Trinajstić information content (AvgIpc) is 2.95. The first-order chi connectivity index (χ1) is 9.88. The summed E-state index contributed by atoms with van der Waals surface area (Å²) in [5, 5.41) is 11.9. The van der Waals surface area contributed by atoms with E-state index in [1.54, 1.807) is 17.1 Å². The lowest BCUT2D eigenvalue weighted by Gasteiger charge is -2.04. The molecule has 0 saturated heterocycles. The number of aromatic nitrogens is 6. The number of hydrogen-bond donors (Lipinski definition) is 1. The molecule has 0 amide bonds. The molecule has 102 valence electrons. The van der Waals surface area contributed by atoms with Crippen molar-refractivity contribution >= 4 is 11.0 Å². The van der Waals surface area contributed by atoms with E-state index in [0.29, 0.717) is 6.54 Å². The zero-order chi connectivity index (χ0) is 13.8. The molecule has 1 aromatic carbocycles. The van der Waals surface area contributed by atoms with Crippen LogP contribution in [0.25, 0.3) is 22.4 Å². The van der Waals surface area contributed by atoms with Crippen LogP contribution in [0.2, 0.25) is 0 Å². The van der Waals surface area contributed by atoms with Gasteiger partial charge in [0.15, 0.2) is 5.82 Å². The van der Waals surface area contributed by atoms with Crippen molar-refractivity contribution in [1.29, 1.82) is 0 Å². The monoisotopic (exact) mass is 269 g/mol. The van der Waals surface area contributed by atoms with E-state index >= 15 is 0 Å². The summed E-state index contributed by atoms with van der Waals surface area (Å²) >= 11 is 0. The van der Waals surface area contributed by atoms with Gasteiger partial charge in [0.1, 0.15) is 0 Å². The maximum atomic E-state index is 5.50. The van der Waals surface area contributed by atoms with Gasteiger partial charge in [-0.2, -0.15) is 0 Å². The average molecular weight is 269 g/mol. The summed E-state index contributed by atoms with van der Waals surface area (Å²) in [5.74, 6) is 0.745. The van der Waals surface area contributed by atoms with E-state index in [1.807, 2.05) is 18.2 Å². The highest BCUT2D eigenvalue weighted by molar-refractivity contribution is 5.79. The topological polar surface area (TPSA) is 95.4 Å². The third-order valence-corrected chi connectivity index (χ3v) is 3.08. The zero-order valence-electron chi connectivity index (χ0n) is 11.0. The highest BCUT2D eigenvalue weighted by atomic mass is 15.5. The number of rotatable bonds is 5. The van der Waals surface area contributed by atoms with Gasteiger partial charge in [-0.05, 0) is 48.0 Å². The molecule has 7 heteroatoms. The van der Waals surface area contributed by atoms with Gasteiger partial charge in [-0.1, -0.05) is 0 Å². The lowest BCUT2D eigenvalue weighted by molar-refractivity contribution is 0.548. The molecular weight excluding hydrogens is 254 g/mol. The minimum Gasteiger partial charge on any atom is -0.330 e. The van der Waals surface area contributed by atoms with Crippen LogP contribution in [0.1, 0.15) is 12.8 Å². The summed E-state index contributed by atoms with van der Waals surface area (Å²) in [6.07, 6.45) is 5.28. The van der Waals surface area contributed by atoms with E-state index in [-0.39, 0.29) is 0 Å². The van der Waals surface area contributed by atoms with Crippen molar-refractivity contribution < 1.29 is 0 Å². The molecule has 0 saturated carbocycles. The molecule has 0 fully saturated rings. The van der Waals surface area contributed by atoms with Crippen LogP contribution in [-0.2, 0) is 6.54 Å².